The Balaban J connectivity index is 2.94. The molecule has 2 aromatic rings. The monoisotopic (exact) mass is 268 g/mol. The summed E-state index contributed by atoms with van der Waals surface area (Å²) >= 11 is 6.01. The average molecular weight is 269 g/mol. The van der Waals surface area contributed by atoms with Crippen molar-refractivity contribution < 1.29 is 0 Å². The fourth-order valence-electron chi connectivity index (χ4n) is 1.80. The van der Waals surface area contributed by atoms with Gasteiger partial charge >= 0.3 is 5.69 Å². The van der Waals surface area contributed by atoms with E-state index in [1.807, 2.05) is 19.1 Å². The molecule has 0 bridgehead atoms. The van der Waals surface area contributed by atoms with Gasteiger partial charge in [0.25, 0.3) is 5.56 Å². The van der Waals surface area contributed by atoms with E-state index in [0.717, 1.165) is 4.57 Å². The standard InChI is InChI=1S/C11H13ClN4O2/c1-4-5-6-16-7-8(13-10(16)12)14(2)11(18)15(3)9(7)17/h4-5H,6H2,1-3H3/b5-4+. The molecule has 96 valence electrons. The van der Waals surface area contributed by atoms with E-state index < -0.39 is 11.2 Å². The van der Waals surface area contributed by atoms with Gasteiger partial charge in [0.05, 0.1) is 0 Å². The summed E-state index contributed by atoms with van der Waals surface area (Å²) in [7, 11) is 3.00. The topological polar surface area (TPSA) is 61.8 Å². The smallest absolute Gasteiger partial charge is 0.305 e. The van der Waals surface area contributed by atoms with Crippen LogP contribution in [0.25, 0.3) is 11.2 Å². The second kappa shape index (κ2) is 4.45. The van der Waals surface area contributed by atoms with Crippen LogP contribution in [0.2, 0.25) is 5.28 Å². The van der Waals surface area contributed by atoms with Crippen molar-refractivity contribution in [2.45, 2.75) is 13.5 Å². The van der Waals surface area contributed by atoms with Gasteiger partial charge < -0.3 is 4.57 Å². The zero-order valence-electron chi connectivity index (χ0n) is 10.3. The average Bonchev–Trinajstić information content (AvgIpc) is 2.68. The molecule has 6 nitrogen and oxygen atoms in total. The maximum absolute atomic E-state index is 12.1. The predicted octanol–water partition coefficient (Wildman–Crippen LogP) is 0.663. The Morgan fingerprint density at radius 1 is 1.28 bits per heavy atom. The van der Waals surface area contributed by atoms with Crippen LogP contribution in [-0.2, 0) is 20.6 Å². The van der Waals surface area contributed by atoms with Gasteiger partial charge in [-0.3, -0.25) is 13.9 Å². The van der Waals surface area contributed by atoms with E-state index in [2.05, 4.69) is 4.98 Å². The highest BCUT2D eigenvalue weighted by atomic mass is 35.5. The molecule has 2 heterocycles. The Hall–Kier alpha value is -1.82. The molecule has 0 atom stereocenters. The van der Waals surface area contributed by atoms with Gasteiger partial charge in [0.2, 0.25) is 5.28 Å². The molecule has 2 aromatic heterocycles. The van der Waals surface area contributed by atoms with Crippen LogP contribution in [0.15, 0.2) is 21.7 Å². The Bertz CT molecular complexity index is 751. The molecule has 18 heavy (non-hydrogen) atoms. The number of halogens is 1. The van der Waals surface area contributed by atoms with E-state index >= 15 is 0 Å². The van der Waals surface area contributed by atoms with Crippen molar-refractivity contribution in [2.24, 2.45) is 14.1 Å². The van der Waals surface area contributed by atoms with Crippen LogP contribution in [0.4, 0.5) is 0 Å². The van der Waals surface area contributed by atoms with E-state index in [-0.39, 0.29) is 5.28 Å². The fourth-order valence-corrected chi connectivity index (χ4v) is 2.03. The van der Waals surface area contributed by atoms with Crippen molar-refractivity contribution >= 4 is 22.8 Å². The lowest BCUT2D eigenvalue weighted by molar-refractivity contribution is 0.703. The fraction of sp³-hybridized carbons (Fsp3) is 0.364. The van der Waals surface area contributed by atoms with Crippen molar-refractivity contribution in [3.05, 3.63) is 38.3 Å². The molecule has 0 aliphatic rings. The van der Waals surface area contributed by atoms with E-state index in [9.17, 15) is 9.59 Å². The van der Waals surface area contributed by atoms with E-state index in [0.29, 0.717) is 17.7 Å². The van der Waals surface area contributed by atoms with Crippen LogP contribution in [-0.4, -0.2) is 18.7 Å². The van der Waals surface area contributed by atoms with Crippen LogP contribution < -0.4 is 11.2 Å². The Morgan fingerprint density at radius 2 is 1.94 bits per heavy atom. The van der Waals surface area contributed by atoms with Gasteiger partial charge in [-0.25, -0.2) is 4.79 Å². The van der Waals surface area contributed by atoms with Crippen LogP contribution >= 0.6 is 11.6 Å². The minimum Gasteiger partial charge on any atom is -0.305 e. The van der Waals surface area contributed by atoms with Gasteiger partial charge in [-0.15, -0.1) is 0 Å². The minimum atomic E-state index is -0.417. The third-order valence-electron chi connectivity index (χ3n) is 2.83. The first kappa shape index (κ1) is 12.6. The lowest BCUT2D eigenvalue weighted by Crippen LogP contribution is -2.37. The van der Waals surface area contributed by atoms with E-state index in [4.69, 9.17) is 11.6 Å². The largest absolute Gasteiger partial charge is 0.332 e. The number of imidazole rings is 1. The number of nitrogens with zero attached hydrogens (tertiary/aromatic N) is 4. The maximum atomic E-state index is 12.1. The molecule has 7 heteroatoms. The molecular weight excluding hydrogens is 256 g/mol. The first-order chi connectivity index (χ1) is 8.49. The molecule has 0 fully saturated rings. The number of aryl methyl sites for hydroxylation is 1. The third kappa shape index (κ3) is 1.69. The first-order valence-corrected chi connectivity index (χ1v) is 5.79. The summed E-state index contributed by atoms with van der Waals surface area (Å²) in [6.45, 7) is 2.32. The lowest BCUT2D eigenvalue weighted by atomic mass is 10.4. The number of fused-ring (bicyclic) bond motifs is 1. The third-order valence-corrected chi connectivity index (χ3v) is 3.11. The van der Waals surface area contributed by atoms with Gasteiger partial charge in [-0.05, 0) is 18.5 Å². The van der Waals surface area contributed by atoms with Crippen molar-refractivity contribution in [1.82, 2.24) is 18.7 Å². The Labute approximate surface area is 108 Å². The normalized spacial score (nSPS) is 11.8. The summed E-state index contributed by atoms with van der Waals surface area (Å²) < 4.78 is 3.94. The summed E-state index contributed by atoms with van der Waals surface area (Å²) in [5.74, 6) is 0. The zero-order valence-corrected chi connectivity index (χ0v) is 11.1. The summed E-state index contributed by atoms with van der Waals surface area (Å²) in [4.78, 5) is 27.9. The highest BCUT2D eigenvalue weighted by Gasteiger charge is 2.16. The molecule has 2 rings (SSSR count). The molecule has 0 saturated carbocycles. The number of allylic oxidation sites excluding steroid dienone is 2. The second-order valence-electron chi connectivity index (χ2n) is 3.94. The Morgan fingerprint density at radius 3 is 2.56 bits per heavy atom. The molecule has 0 radical (unpaired) electrons. The molecule has 0 N–H and O–H groups in total. The lowest BCUT2D eigenvalue weighted by Gasteiger charge is -2.04. The summed E-state index contributed by atoms with van der Waals surface area (Å²) in [6, 6.07) is 0. The molecule has 0 amide bonds. The zero-order chi connectivity index (χ0) is 13.4. The van der Waals surface area contributed by atoms with Gasteiger partial charge in [0.1, 0.15) is 0 Å². The Kier molecular flexibility index (Phi) is 3.13. The number of aromatic nitrogens is 4. The van der Waals surface area contributed by atoms with Crippen molar-refractivity contribution in [1.29, 1.82) is 0 Å². The molecule has 0 aliphatic heterocycles. The molecule has 0 aliphatic carbocycles. The van der Waals surface area contributed by atoms with Gasteiger partial charge in [0.15, 0.2) is 11.2 Å². The highest BCUT2D eigenvalue weighted by molar-refractivity contribution is 6.29. The maximum Gasteiger partial charge on any atom is 0.332 e. The number of hydrogen-bond acceptors (Lipinski definition) is 3. The molecule has 0 aromatic carbocycles. The van der Waals surface area contributed by atoms with Crippen LogP contribution in [0.1, 0.15) is 6.92 Å². The molecule has 0 unspecified atom stereocenters. The van der Waals surface area contributed by atoms with Gasteiger partial charge in [-0.1, -0.05) is 12.2 Å². The minimum absolute atomic E-state index is 0.196. The highest BCUT2D eigenvalue weighted by Crippen LogP contribution is 2.15. The molecule has 0 spiro atoms. The predicted molar refractivity (Wildman–Crippen MR) is 70.0 cm³/mol. The summed E-state index contributed by atoms with van der Waals surface area (Å²) in [5.41, 5.74) is -0.169. The molecular formula is C11H13ClN4O2. The summed E-state index contributed by atoms with van der Waals surface area (Å²) in [5, 5.41) is 0.196. The number of rotatable bonds is 2. The first-order valence-electron chi connectivity index (χ1n) is 5.42. The van der Waals surface area contributed by atoms with Crippen LogP contribution in [0, 0.1) is 0 Å². The van der Waals surface area contributed by atoms with Crippen LogP contribution in [0.3, 0.4) is 0 Å². The van der Waals surface area contributed by atoms with Crippen molar-refractivity contribution in [3.63, 3.8) is 0 Å². The van der Waals surface area contributed by atoms with Crippen LogP contribution in [0.5, 0.6) is 0 Å². The van der Waals surface area contributed by atoms with Crippen molar-refractivity contribution in [2.75, 3.05) is 0 Å². The SMILES string of the molecule is C/C=C/Cn1c(Cl)nc2c1c(=O)n(C)c(=O)n2C. The van der Waals surface area contributed by atoms with Crippen molar-refractivity contribution in [3.8, 4) is 0 Å². The summed E-state index contributed by atoms with van der Waals surface area (Å²) in [6.07, 6.45) is 3.71. The van der Waals surface area contributed by atoms with Gasteiger partial charge in [-0.2, -0.15) is 4.98 Å². The van der Waals surface area contributed by atoms with Gasteiger partial charge in [0, 0.05) is 20.6 Å². The van der Waals surface area contributed by atoms with E-state index in [1.165, 1.54) is 11.6 Å². The number of hydrogen-bond donors (Lipinski definition) is 0. The molecule has 0 saturated heterocycles. The van der Waals surface area contributed by atoms with E-state index in [1.54, 1.807) is 11.6 Å². The quantitative estimate of drug-likeness (QED) is 0.594. The second-order valence-corrected chi connectivity index (χ2v) is 4.28.